The number of hydrogen-bond donors (Lipinski definition) is 4. The van der Waals surface area contributed by atoms with Crippen molar-refractivity contribution in [3.63, 3.8) is 0 Å². The SMILES string of the molecule is Cc1cc(O)c(C)c(O)c1NC(=O)CCc1ccc(N=C(N)c2cccs2)cc1. The Labute approximate surface area is 173 Å². The highest BCUT2D eigenvalue weighted by molar-refractivity contribution is 7.12. The van der Waals surface area contributed by atoms with Gasteiger partial charge in [0.25, 0.3) is 0 Å². The molecule has 0 fully saturated rings. The number of amidine groups is 1. The largest absolute Gasteiger partial charge is 0.508 e. The lowest BCUT2D eigenvalue weighted by Gasteiger charge is -2.13. The molecule has 0 radical (unpaired) electrons. The summed E-state index contributed by atoms with van der Waals surface area (Å²) in [5.74, 6) is 0.158. The number of phenols is 2. The van der Waals surface area contributed by atoms with Crippen LogP contribution in [0.3, 0.4) is 0 Å². The van der Waals surface area contributed by atoms with Gasteiger partial charge in [0.1, 0.15) is 17.3 Å². The number of carbonyl (C=O) groups is 1. The Morgan fingerprint density at radius 1 is 1.17 bits per heavy atom. The molecular formula is C22H23N3O3S. The van der Waals surface area contributed by atoms with E-state index in [-0.39, 0.29) is 23.8 Å². The number of amides is 1. The number of aliphatic imine (C=N–C) groups is 1. The molecule has 0 aliphatic carbocycles. The van der Waals surface area contributed by atoms with Crippen molar-refractivity contribution in [3.05, 3.63) is 69.4 Å². The Bertz CT molecular complexity index is 1040. The first-order chi connectivity index (χ1) is 13.8. The Morgan fingerprint density at radius 2 is 1.90 bits per heavy atom. The highest BCUT2D eigenvalue weighted by Crippen LogP contribution is 2.36. The highest BCUT2D eigenvalue weighted by Gasteiger charge is 2.14. The number of phenolic OH excluding ortho intramolecular Hbond substituents is 2. The van der Waals surface area contributed by atoms with E-state index in [9.17, 15) is 15.0 Å². The van der Waals surface area contributed by atoms with Crippen molar-refractivity contribution in [2.24, 2.45) is 10.7 Å². The zero-order chi connectivity index (χ0) is 21.0. The number of nitrogens with one attached hydrogen (secondary N) is 1. The van der Waals surface area contributed by atoms with Gasteiger partial charge in [-0.2, -0.15) is 0 Å². The molecule has 0 aliphatic rings. The fourth-order valence-corrected chi connectivity index (χ4v) is 3.48. The molecule has 150 valence electrons. The molecule has 1 aromatic heterocycles. The second-order valence-electron chi connectivity index (χ2n) is 6.75. The first-order valence-electron chi connectivity index (χ1n) is 9.14. The van der Waals surface area contributed by atoms with Crippen LogP contribution in [0.5, 0.6) is 11.5 Å². The van der Waals surface area contributed by atoms with Crippen molar-refractivity contribution in [1.29, 1.82) is 0 Å². The van der Waals surface area contributed by atoms with Crippen molar-refractivity contribution < 1.29 is 15.0 Å². The minimum atomic E-state index is -0.211. The van der Waals surface area contributed by atoms with Gasteiger partial charge < -0.3 is 21.3 Å². The summed E-state index contributed by atoms with van der Waals surface area (Å²) in [7, 11) is 0. The molecule has 3 rings (SSSR count). The van der Waals surface area contributed by atoms with Crippen LogP contribution in [0.4, 0.5) is 11.4 Å². The quantitative estimate of drug-likeness (QED) is 0.210. The third-order valence-corrected chi connectivity index (χ3v) is 5.48. The second kappa shape index (κ2) is 8.79. The van der Waals surface area contributed by atoms with Crippen molar-refractivity contribution >= 4 is 34.5 Å². The number of aryl methyl sites for hydroxylation is 2. The summed E-state index contributed by atoms with van der Waals surface area (Å²) in [5, 5.41) is 24.6. The monoisotopic (exact) mass is 409 g/mol. The number of anilines is 1. The second-order valence-corrected chi connectivity index (χ2v) is 7.70. The summed E-state index contributed by atoms with van der Waals surface area (Å²) in [6.45, 7) is 3.31. The maximum atomic E-state index is 12.3. The molecular weight excluding hydrogens is 386 g/mol. The molecule has 0 saturated carbocycles. The van der Waals surface area contributed by atoms with Gasteiger partial charge in [-0.05, 0) is 61.0 Å². The Balaban J connectivity index is 1.60. The lowest BCUT2D eigenvalue weighted by atomic mass is 10.1. The highest BCUT2D eigenvalue weighted by atomic mass is 32.1. The van der Waals surface area contributed by atoms with Crippen LogP contribution in [-0.4, -0.2) is 22.0 Å². The van der Waals surface area contributed by atoms with Crippen LogP contribution < -0.4 is 11.1 Å². The first-order valence-corrected chi connectivity index (χ1v) is 10.0. The Morgan fingerprint density at radius 3 is 2.55 bits per heavy atom. The molecule has 2 aromatic carbocycles. The summed E-state index contributed by atoms with van der Waals surface area (Å²) < 4.78 is 0. The number of hydrogen-bond acceptors (Lipinski definition) is 5. The smallest absolute Gasteiger partial charge is 0.224 e. The van der Waals surface area contributed by atoms with Crippen LogP contribution >= 0.6 is 11.3 Å². The molecule has 0 saturated heterocycles. The summed E-state index contributed by atoms with van der Waals surface area (Å²) in [6, 6.07) is 12.9. The first kappa shape index (κ1) is 20.4. The predicted octanol–water partition coefficient (Wildman–Crippen LogP) is 4.38. The van der Waals surface area contributed by atoms with Gasteiger partial charge in [0.05, 0.1) is 16.3 Å². The number of rotatable bonds is 6. The van der Waals surface area contributed by atoms with Crippen LogP contribution in [0.15, 0.2) is 52.8 Å². The number of nitrogens with zero attached hydrogens (tertiary/aromatic N) is 1. The van der Waals surface area contributed by atoms with Gasteiger partial charge in [0.15, 0.2) is 0 Å². The van der Waals surface area contributed by atoms with Crippen LogP contribution in [-0.2, 0) is 11.2 Å². The third kappa shape index (κ3) is 4.94. The molecule has 29 heavy (non-hydrogen) atoms. The van der Waals surface area contributed by atoms with Crippen LogP contribution in [0.2, 0.25) is 0 Å². The topological polar surface area (TPSA) is 108 Å². The fourth-order valence-electron chi connectivity index (χ4n) is 2.85. The average Bonchev–Trinajstić information content (AvgIpc) is 3.24. The van der Waals surface area contributed by atoms with Gasteiger partial charge in [-0.3, -0.25) is 4.79 Å². The van der Waals surface area contributed by atoms with Crippen LogP contribution in [0.1, 0.15) is 28.0 Å². The summed E-state index contributed by atoms with van der Waals surface area (Å²) in [5.41, 5.74) is 9.02. The van der Waals surface area contributed by atoms with Crippen molar-refractivity contribution in [1.82, 2.24) is 0 Å². The summed E-state index contributed by atoms with van der Waals surface area (Å²) in [4.78, 5) is 17.6. The van der Waals surface area contributed by atoms with Crippen molar-refractivity contribution in [3.8, 4) is 11.5 Å². The van der Waals surface area contributed by atoms with Crippen LogP contribution in [0.25, 0.3) is 0 Å². The average molecular weight is 410 g/mol. The number of aromatic hydroxyl groups is 2. The van der Waals surface area contributed by atoms with E-state index in [0.29, 0.717) is 29.1 Å². The predicted molar refractivity (Wildman–Crippen MR) is 117 cm³/mol. The summed E-state index contributed by atoms with van der Waals surface area (Å²) in [6.07, 6.45) is 0.811. The molecule has 6 nitrogen and oxygen atoms in total. The summed E-state index contributed by atoms with van der Waals surface area (Å²) >= 11 is 1.54. The van der Waals surface area contributed by atoms with Gasteiger partial charge in [-0.1, -0.05) is 18.2 Å². The minimum absolute atomic E-state index is 0.000429. The Kier molecular flexibility index (Phi) is 6.19. The van der Waals surface area contributed by atoms with E-state index in [1.54, 1.807) is 13.8 Å². The molecule has 0 spiro atoms. The van der Waals surface area contributed by atoms with Crippen molar-refractivity contribution in [2.45, 2.75) is 26.7 Å². The van der Waals surface area contributed by atoms with E-state index in [0.717, 1.165) is 16.1 Å². The van der Waals surface area contributed by atoms with Gasteiger partial charge in [0, 0.05) is 12.0 Å². The molecule has 5 N–H and O–H groups in total. The molecule has 1 heterocycles. The molecule has 0 unspecified atom stereocenters. The van der Waals surface area contributed by atoms with Gasteiger partial charge in [0.2, 0.25) is 5.91 Å². The molecule has 0 bridgehead atoms. The molecule has 3 aromatic rings. The zero-order valence-electron chi connectivity index (χ0n) is 16.3. The Hall–Kier alpha value is -3.32. The van der Waals surface area contributed by atoms with Crippen molar-refractivity contribution in [2.75, 3.05) is 5.32 Å². The number of thiophene rings is 1. The maximum absolute atomic E-state index is 12.3. The standard InChI is InChI=1S/C22H23N3O3S/c1-13-12-17(26)14(2)21(28)20(13)25-19(27)10-7-15-5-8-16(9-6-15)24-22(23)18-4-3-11-29-18/h3-6,8-9,11-12,26,28H,7,10H2,1-2H3,(H2,23,24)(H,25,27). The number of carbonyl (C=O) groups excluding carboxylic acids is 1. The number of nitrogens with two attached hydrogens (primary N) is 1. The van der Waals surface area contributed by atoms with E-state index in [4.69, 9.17) is 5.73 Å². The fraction of sp³-hybridized carbons (Fsp3) is 0.182. The normalized spacial score (nSPS) is 11.4. The van der Waals surface area contributed by atoms with Gasteiger partial charge in [-0.25, -0.2) is 4.99 Å². The van der Waals surface area contributed by atoms with Crippen LogP contribution in [0, 0.1) is 13.8 Å². The molecule has 0 aliphatic heterocycles. The van der Waals surface area contributed by atoms with E-state index in [2.05, 4.69) is 10.3 Å². The lowest BCUT2D eigenvalue weighted by Crippen LogP contribution is -2.13. The lowest BCUT2D eigenvalue weighted by molar-refractivity contribution is -0.116. The zero-order valence-corrected chi connectivity index (χ0v) is 17.1. The van der Waals surface area contributed by atoms with E-state index in [1.807, 2.05) is 41.8 Å². The van der Waals surface area contributed by atoms with E-state index >= 15 is 0 Å². The third-order valence-electron chi connectivity index (χ3n) is 4.59. The molecule has 1 amide bonds. The molecule has 0 atom stereocenters. The minimum Gasteiger partial charge on any atom is -0.508 e. The number of benzene rings is 2. The molecule has 7 heteroatoms. The van der Waals surface area contributed by atoms with Gasteiger partial charge in [-0.15, -0.1) is 11.3 Å². The van der Waals surface area contributed by atoms with E-state index in [1.165, 1.54) is 17.4 Å². The maximum Gasteiger partial charge on any atom is 0.224 e. The van der Waals surface area contributed by atoms with Gasteiger partial charge >= 0.3 is 0 Å². The van der Waals surface area contributed by atoms with E-state index < -0.39 is 0 Å².